The molecule has 0 aliphatic carbocycles. The van der Waals surface area contributed by atoms with Gasteiger partial charge in [-0.3, -0.25) is 4.79 Å². The van der Waals surface area contributed by atoms with Crippen LogP contribution in [-0.2, 0) is 16.1 Å². The number of methoxy groups -OCH3 is 1. The Kier molecular flexibility index (Phi) is 3.31. The highest BCUT2D eigenvalue weighted by molar-refractivity contribution is 6.05. The maximum absolute atomic E-state index is 11.6. The molecule has 84 valence electrons. The second-order valence-corrected chi connectivity index (χ2v) is 3.71. The Labute approximate surface area is 94.5 Å². The molecule has 16 heavy (non-hydrogen) atoms. The van der Waals surface area contributed by atoms with Crippen LogP contribution in [-0.4, -0.2) is 30.3 Å². The molecule has 0 bridgehead atoms. The van der Waals surface area contributed by atoms with E-state index >= 15 is 0 Å². The van der Waals surface area contributed by atoms with Crippen LogP contribution in [0.15, 0.2) is 35.4 Å². The first-order valence-electron chi connectivity index (χ1n) is 5.19. The minimum Gasteiger partial charge on any atom is -0.379 e. The minimum absolute atomic E-state index is 0.0379. The molecule has 1 aliphatic heterocycles. The molecule has 1 heterocycles. The maximum Gasteiger partial charge on any atom is 0.248 e. The fourth-order valence-electron chi connectivity index (χ4n) is 1.65. The molecular formula is C12H14N2O2. The van der Waals surface area contributed by atoms with Gasteiger partial charge in [0.25, 0.3) is 0 Å². The molecule has 1 aromatic carbocycles. The molecule has 0 atom stereocenters. The molecule has 2 rings (SSSR count). The molecule has 1 aromatic rings. The van der Waals surface area contributed by atoms with Crippen molar-refractivity contribution in [2.45, 2.75) is 13.0 Å². The Bertz CT molecular complexity index is 401. The summed E-state index contributed by atoms with van der Waals surface area (Å²) in [5, 5.41) is 5.73. The molecular weight excluding hydrogens is 204 g/mol. The number of amides is 1. The summed E-state index contributed by atoms with van der Waals surface area (Å²) < 4.78 is 4.96. The van der Waals surface area contributed by atoms with E-state index in [-0.39, 0.29) is 5.91 Å². The number of rotatable bonds is 4. The lowest BCUT2D eigenvalue weighted by atomic mass is 10.2. The lowest BCUT2D eigenvalue weighted by molar-refractivity contribution is -0.129. The molecule has 1 amide bonds. The normalized spacial score (nSPS) is 15.4. The molecule has 0 saturated carbocycles. The average molecular weight is 218 g/mol. The van der Waals surface area contributed by atoms with Crippen LogP contribution in [0.2, 0.25) is 0 Å². The molecule has 4 heteroatoms. The SMILES string of the molecule is COCC1=NN(Cc2ccccc2)C(=O)C1. The predicted molar refractivity (Wildman–Crippen MR) is 60.9 cm³/mol. The highest BCUT2D eigenvalue weighted by atomic mass is 16.5. The Balaban J connectivity index is 2.03. The molecule has 1 aliphatic rings. The Morgan fingerprint density at radius 3 is 2.81 bits per heavy atom. The summed E-state index contributed by atoms with van der Waals surface area (Å²) in [6, 6.07) is 9.83. The highest BCUT2D eigenvalue weighted by Crippen LogP contribution is 2.13. The highest BCUT2D eigenvalue weighted by Gasteiger charge is 2.23. The molecule has 0 N–H and O–H groups in total. The van der Waals surface area contributed by atoms with Gasteiger partial charge in [0.2, 0.25) is 5.91 Å². The largest absolute Gasteiger partial charge is 0.379 e. The Morgan fingerprint density at radius 2 is 2.12 bits per heavy atom. The van der Waals surface area contributed by atoms with Crippen LogP contribution in [0, 0.1) is 0 Å². The van der Waals surface area contributed by atoms with Gasteiger partial charge in [0.05, 0.1) is 25.3 Å². The van der Waals surface area contributed by atoms with Crippen molar-refractivity contribution in [1.29, 1.82) is 0 Å². The van der Waals surface area contributed by atoms with Gasteiger partial charge in [-0.2, -0.15) is 5.10 Å². The number of hydrazone groups is 1. The lowest BCUT2D eigenvalue weighted by Gasteiger charge is -2.11. The van der Waals surface area contributed by atoms with Gasteiger partial charge in [0.15, 0.2) is 0 Å². The van der Waals surface area contributed by atoms with Crippen molar-refractivity contribution in [2.75, 3.05) is 13.7 Å². The number of hydrogen-bond acceptors (Lipinski definition) is 3. The van der Waals surface area contributed by atoms with Crippen LogP contribution in [0.25, 0.3) is 0 Å². The van der Waals surface area contributed by atoms with E-state index in [1.165, 1.54) is 5.01 Å². The third kappa shape index (κ3) is 2.46. The third-order valence-corrected chi connectivity index (χ3v) is 2.39. The van der Waals surface area contributed by atoms with Crippen molar-refractivity contribution in [3.8, 4) is 0 Å². The zero-order chi connectivity index (χ0) is 11.4. The van der Waals surface area contributed by atoms with Crippen LogP contribution in [0.1, 0.15) is 12.0 Å². The average Bonchev–Trinajstić information content (AvgIpc) is 2.61. The molecule has 0 saturated heterocycles. The van der Waals surface area contributed by atoms with Gasteiger partial charge in [0.1, 0.15) is 0 Å². The summed E-state index contributed by atoms with van der Waals surface area (Å²) in [6.45, 7) is 0.962. The Morgan fingerprint density at radius 1 is 1.38 bits per heavy atom. The van der Waals surface area contributed by atoms with Crippen molar-refractivity contribution in [3.05, 3.63) is 35.9 Å². The maximum atomic E-state index is 11.6. The van der Waals surface area contributed by atoms with E-state index in [1.807, 2.05) is 30.3 Å². The Hall–Kier alpha value is -1.68. The molecule has 0 radical (unpaired) electrons. The zero-order valence-electron chi connectivity index (χ0n) is 9.22. The van der Waals surface area contributed by atoms with E-state index in [9.17, 15) is 4.79 Å². The van der Waals surface area contributed by atoms with E-state index in [0.29, 0.717) is 19.6 Å². The monoisotopic (exact) mass is 218 g/mol. The van der Waals surface area contributed by atoms with Gasteiger partial charge in [-0.05, 0) is 5.56 Å². The van der Waals surface area contributed by atoms with Crippen molar-refractivity contribution < 1.29 is 9.53 Å². The van der Waals surface area contributed by atoms with Crippen LogP contribution in [0.4, 0.5) is 0 Å². The van der Waals surface area contributed by atoms with E-state index in [4.69, 9.17) is 4.74 Å². The molecule has 0 fully saturated rings. The van der Waals surface area contributed by atoms with Gasteiger partial charge in [-0.15, -0.1) is 0 Å². The lowest BCUT2D eigenvalue weighted by Crippen LogP contribution is -2.19. The van der Waals surface area contributed by atoms with Gasteiger partial charge in [-0.1, -0.05) is 30.3 Å². The van der Waals surface area contributed by atoms with E-state index in [2.05, 4.69) is 5.10 Å². The smallest absolute Gasteiger partial charge is 0.248 e. The predicted octanol–water partition coefficient (Wildman–Crippen LogP) is 1.42. The molecule has 0 unspecified atom stereocenters. The fourth-order valence-corrected chi connectivity index (χ4v) is 1.65. The second-order valence-electron chi connectivity index (χ2n) is 3.71. The fraction of sp³-hybridized carbons (Fsp3) is 0.333. The van der Waals surface area contributed by atoms with Gasteiger partial charge in [-0.25, -0.2) is 5.01 Å². The summed E-state index contributed by atoms with van der Waals surface area (Å²) in [7, 11) is 1.60. The number of benzene rings is 1. The van der Waals surface area contributed by atoms with Gasteiger partial charge < -0.3 is 4.74 Å². The van der Waals surface area contributed by atoms with Crippen molar-refractivity contribution >= 4 is 11.6 Å². The van der Waals surface area contributed by atoms with Gasteiger partial charge >= 0.3 is 0 Å². The second kappa shape index (κ2) is 4.90. The molecule has 0 aromatic heterocycles. The summed E-state index contributed by atoms with van der Waals surface area (Å²) in [5.41, 5.74) is 1.88. The van der Waals surface area contributed by atoms with Crippen LogP contribution in [0.5, 0.6) is 0 Å². The van der Waals surface area contributed by atoms with Crippen molar-refractivity contribution in [3.63, 3.8) is 0 Å². The van der Waals surface area contributed by atoms with Crippen LogP contribution < -0.4 is 0 Å². The number of hydrogen-bond donors (Lipinski definition) is 0. The summed E-state index contributed by atoms with van der Waals surface area (Å²) >= 11 is 0. The zero-order valence-corrected chi connectivity index (χ0v) is 9.22. The summed E-state index contributed by atoms with van der Waals surface area (Å²) in [6.07, 6.45) is 0.376. The first-order chi connectivity index (χ1) is 7.79. The number of nitrogens with zero attached hydrogens (tertiary/aromatic N) is 2. The summed E-state index contributed by atoms with van der Waals surface area (Å²) in [4.78, 5) is 11.6. The minimum atomic E-state index is 0.0379. The van der Waals surface area contributed by atoms with Crippen LogP contribution >= 0.6 is 0 Å². The summed E-state index contributed by atoms with van der Waals surface area (Å²) in [5.74, 6) is 0.0379. The number of carbonyl (C=O) groups excluding carboxylic acids is 1. The van der Waals surface area contributed by atoms with Gasteiger partial charge in [0, 0.05) is 7.11 Å². The topological polar surface area (TPSA) is 41.9 Å². The first-order valence-corrected chi connectivity index (χ1v) is 5.19. The van der Waals surface area contributed by atoms with Crippen LogP contribution in [0.3, 0.4) is 0 Å². The number of carbonyl (C=O) groups is 1. The molecule has 0 spiro atoms. The number of ether oxygens (including phenoxy) is 1. The standard InChI is InChI=1S/C12H14N2O2/c1-16-9-11-7-12(15)14(13-11)8-10-5-3-2-4-6-10/h2-6H,7-9H2,1H3. The molecule has 4 nitrogen and oxygen atoms in total. The van der Waals surface area contributed by atoms with E-state index < -0.39 is 0 Å². The quantitative estimate of drug-likeness (QED) is 0.767. The van der Waals surface area contributed by atoms with E-state index in [0.717, 1.165) is 11.3 Å². The third-order valence-electron chi connectivity index (χ3n) is 2.39. The first kappa shape index (κ1) is 10.8. The van der Waals surface area contributed by atoms with Crippen molar-refractivity contribution in [1.82, 2.24) is 5.01 Å². The van der Waals surface area contributed by atoms with Crippen molar-refractivity contribution in [2.24, 2.45) is 5.10 Å². The van der Waals surface area contributed by atoms with E-state index in [1.54, 1.807) is 7.11 Å².